The number of morpholine rings is 1. The van der Waals surface area contributed by atoms with E-state index >= 15 is 0 Å². The van der Waals surface area contributed by atoms with Gasteiger partial charge in [0.25, 0.3) is 0 Å². The topological polar surface area (TPSA) is 46.4 Å². The summed E-state index contributed by atoms with van der Waals surface area (Å²) in [6.07, 6.45) is 0.0236. The van der Waals surface area contributed by atoms with Crippen LogP contribution in [0, 0.1) is 13.8 Å². The fraction of sp³-hybridized carbons (Fsp3) is 0.579. The molecule has 0 aromatic carbocycles. The number of hydrogen-bond acceptors (Lipinski definition) is 5. The highest BCUT2D eigenvalue weighted by Gasteiger charge is 2.25. The summed E-state index contributed by atoms with van der Waals surface area (Å²) >= 11 is 0. The Morgan fingerprint density at radius 1 is 1.28 bits per heavy atom. The molecule has 1 fully saturated rings. The van der Waals surface area contributed by atoms with E-state index in [4.69, 9.17) is 9.72 Å². The summed E-state index contributed by atoms with van der Waals surface area (Å²) in [5.74, 6) is 0.967. The van der Waals surface area contributed by atoms with Crippen molar-refractivity contribution in [2.45, 2.75) is 40.0 Å². The molecule has 25 heavy (non-hydrogen) atoms. The number of aromatic nitrogens is 3. The molecule has 3 heterocycles. The third-order valence-corrected chi connectivity index (χ3v) is 4.91. The highest BCUT2D eigenvalue weighted by Crippen LogP contribution is 2.25. The Morgan fingerprint density at radius 3 is 2.76 bits per heavy atom. The molecule has 0 saturated carbocycles. The van der Waals surface area contributed by atoms with E-state index in [9.17, 15) is 0 Å². The summed E-state index contributed by atoms with van der Waals surface area (Å²) in [6.45, 7) is 10.8. The standard InChI is InChI=1S/C19H29N5O/c1-6-24-15(3)16(14(2)21-24)12-23-10-11-25-18(13-23)17-8-7-9-19(20-17)22(4)5/h7-9,18H,6,10-13H2,1-5H3/t18-/m1/s1. The second kappa shape index (κ2) is 7.54. The lowest BCUT2D eigenvalue weighted by atomic mass is 10.1. The molecule has 1 atom stereocenters. The van der Waals surface area contributed by atoms with Gasteiger partial charge in [0.1, 0.15) is 11.9 Å². The Labute approximate surface area is 150 Å². The van der Waals surface area contributed by atoms with Crippen LogP contribution in [0.4, 0.5) is 5.82 Å². The van der Waals surface area contributed by atoms with Gasteiger partial charge in [-0.3, -0.25) is 9.58 Å². The first-order valence-electron chi connectivity index (χ1n) is 9.00. The zero-order chi connectivity index (χ0) is 18.0. The maximum Gasteiger partial charge on any atom is 0.128 e. The quantitative estimate of drug-likeness (QED) is 0.835. The van der Waals surface area contributed by atoms with Crippen molar-refractivity contribution >= 4 is 5.82 Å². The molecule has 136 valence electrons. The van der Waals surface area contributed by atoms with Crippen LogP contribution >= 0.6 is 0 Å². The van der Waals surface area contributed by atoms with Crippen molar-refractivity contribution in [3.8, 4) is 0 Å². The SMILES string of the molecule is CCn1nc(C)c(CN2CCO[C@@H](c3cccc(N(C)C)n3)C2)c1C. The highest BCUT2D eigenvalue weighted by atomic mass is 16.5. The van der Waals surface area contributed by atoms with Crippen molar-refractivity contribution in [1.82, 2.24) is 19.7 Å². The maximum absolute atomic E-state index is 6.01. The Morgan fingerprint density at radius 2 is 2.08 bits per heavy atom. The summed E-state index contributed by atoms with van der Waals surface area (Å²) in [6, 6.07) is 6.14. The Balaban J connectivity index is 1.73. The van der Waals surface area contributed by atoms with Crippen LogP contribution in [0.25, 0.3) is 0 Å². The van der Waals surface area contributed by atoms with E-state index in [1.165, 1.54) is 11.3 Å². The molecule has 3 rings (SSSR count). The Kier molecular flexibility index (Phi) is 5.39. The lowest BCUT2D eigenvalue weighted by molar-refractivity contribution is -0.0350. The number of pyridine rings is 1. The molecule has 1 aliphatic heterocycles. The minimum atomic E-state index is 0.0236. The molecule has 0 bridgehead atoms. The van der Waals surface area contributed by atoms with Gasteiger partial charge in [-0.25, -0.2) is 4.98 Å². The predicted molar refractivity (Wildman–Crippen MR) is 99.9 cm³/mol. The fourth-order valence-electron chi connectivity index (χ4n) is 3.39. The van der Waals surface area contributed by atoms with E-state index in [1.807, 2.05) is 25.1 Å². The average molecular weight is 343 g/mol. The van der Waals surface area contributed by atoms with E-state index in [0.717, 1.165) is 50.0 Å². The van der Waals surface area contributed by atoms with Crippen LogP contribution < -0.4 is 4.90 Å². The third kappa shape index (κ3) is 3.85. The molecule has 6 heteroatoms. The van der Waals surface area contributed by atoms with E-state index in [-0.39, 0.29) is 6.10 Å². The highest BCUT2D eigenvalue weighted by molar-refractivity contribution is 5.37. The number of nitrogens with zero attached hydrogens (tertiary/aromatic N) is 5. The van der Waals surface area contributed by atoms with Crippen LogP contribution in [0.5, 0.6) is 0 Å². The Bertz CT molecular complexity index is 725. The van der Waals surface area contributed by atoms with Crippen LogP contribution in [-0.4, -0.2) is 53.5 Å². The van der Waals surface area contributed by atoms with Gasteiger partial charge in [-0.05, 0) is 32.9 Å². The zero-order valence-corrected chi connectivity index (χ0v) is 16.0. The van der Waals surface area contributed by atoms with Crippen molar-refractivity contribution in [1.29, 1.82) is 0 Å². The molecule has 1 aliphatic rings. The largest absolute Gasteiger partial charge is 0.369 e. The summed E-state index contributed by atoms with van der Waals surface area (Å²) in [7, 11) is 4.02. The molecular formula is C19H29N5O. The number of hydrogen-bond donors (Lipinski definition) is 0. The molecule has 6 nitrogen and oxygen atoms in total. The van der Waals surface area contributed by atoms with Gasteiger partial charge >= 0.3 is 0 Å². The van der Waals surface area contributed by atoms with Crippen LogP contribution in [0.2, 0.25) is 0 Å². The minimum Gasteiger partial charge on any atom is -0.369 e. The third-order valence-electron chi connectivity index (χ3n) is 4.91. The minimum absolute atomic E-state index is 0.0236. The molecule has 0 spiro atoms. The van der Waals surface area contributed by atoms with Crippen molar-refractivity contribution in [3.63, 3.8) is 0 Å². The summed E-state index contributed by atoms with van der Waals surface area (Å²) in [5, 5.41) is 4.64. The van der Waals surface area contributed by atoms with Crippen molar-refractivity contribution in [2.75, 3.05) is 38.7 Å². The monoisotopic (exact) mass is 343 g/mol. The molecular weight excluding hydrogens is 314 g/mol. The van der Waals surface area contributed by atoms with Crippen molar-refractivity contribution in [3.05, 3.63) is 40.8 Å². The lowest BCUT2D eigenvalue weighted by Crippen LogP contribution is -2.38. The lowest BCUT2D eigenvalue weighted by Gasteiger charge is -2.33. The number of anilines is 1. The molecule has 0 unspecified atom stereocenters. The average Bonchev–Trinajstić information content (AvgIpc) is 2.89. The van der Waals surface area contributed by atoms with Crippen LogP contribution in [0.3, 0.4) is 0 Å². The van der Waals surface area contributed by atoms with E-state index in [1.54, 1.807) is 0 Å². The van der Waals surface area contributed by atoms with Crippen LogP contribution in [0.15, 0.2) is 18.2 Å². The normalized spacial score (nSPS) is 18.5. The van der Waals surface area contributed by atoms with Crippen molar-refractivity contribution < 1.29 is 4.74 Å². The molecule has 1 saturated heterocycles. The number of rotatable bonds is 5. The van der Waals surface area contributed by atoms with E-state index < -0.39 is 0 Å². The van der Waals surface area contributed by atoms with Crippen molar-refractivity contribution in [2.24, 2.45) is 0 Å². The van der Waals surface area contributed by atoms with Gasteiger partial charge in [0, 0.05) is 51.5 Å². The first-order chi connectivity index (χ1) is 12.0. The van der Waals surface area contributed by atoms with Gasteiger partial charge in [-0.2, -0.15) is 5.10 Å². The predicted octanol–water partition coefficient (Wildman–Crippen LogP) is 2.55. The second-order valence-electron chi connectivity index (χ2n) is 6.87. The molecule has 2 aromatic rings. The van der Waals surface area contributed by atoms with Gasteiger partial charge in [-0.15, -0.1) is 0 Å². The molecule has 0 amide bonds. The summed E-state index contributed by atoms with van der Waals surface area (Å²) < 4.78 is 8.10. The number of ether oxygens (including phenoxy) is 1. The van der Waals surface area contributed by atoms with Gasteiger partial charge in [-0.1, -0.05) is 6.07 Å². The number of aryl methyl sites for hydroxylation is 2. The van der Waals surface area contributed by atoms with E-state index in [0.29, 0.717) is 0 Å². The van der Waals surface area contributed by atoms with Gasteiger partial charge in [0.15, 0.2) is 0 Å². The first-order valence-corrected chi connectivity index (χ1v) is 9.00. The Hall–Kier alpha value is -1.92. The second-order valence-corrected chi connectivity index (χ2v) is 6.87. The van der Waals surface area contributed by atoms with Gasteiger partial charge in [0.2, 0.25) is 0 Å². The van der Waals surface area contributed by atoms with Crippen LogP contribution in [0.1, 0.15) is 35.7 Å². The summed E-state index contributed by atoms with van der Waals surface area (Å²) in [5.41, 5.74) is 4.76. The molecule has 0 aliphatic carbocycles. The van der Waals surface area contributed by atoms with E-state index in [2.05, 4.69) is 47.6 Å². The molecule has 0 N–H and O–H groups in total. The smallest absolute Gasteiger partial charge is 0.128 e. The van der Waals surface area contributed by atoms with Crippen LogP contribution in [-0.2, 0) is 17.8 Å². The molecule has 0 radical (unpaired) electrons. The summed E-state index contributed by atoms with van der Waals surface area (Å²) in [4.78, 5) is 9.23. The molecule has 2 aromatic heterocycles. The van der Waals surface area contributed by atoms with Gasteiger partial charge < -0.3 is 9.64 Å². The first kappa shape index (κ1) is 17.9. The zero-order valence-electron chi connectivity index (χ0n) is 16.0. The fourth-order valence-corrected chi connectivity index (χ4v) is 3.39. The maximum atomic E-state index is 6.01. The van der Waals surface area contributed by atoms with Gasteiger partial charge in [0.05, 0.1) is 18.0 Å².